The van der Waals surface area contributed by atoms with Gasteiger partial charge in [-0.2, -0.15) is 0 Å². The fourth-order valence-corrected chi connectivity index (χ4v) is 3.75. The first kappa shape index (κ1) is 14.3. The molecule has 0 spiro atoms. The van der Waals surface area contributed by atoms with Crippen LogP contribution in [0.3, 0.4) is 0 Å². The van der Waals surface area contributed by atoms with Gasteiger partial charge < -0.3 is 9.84 Å². The molecule has 1 N–H and O–H groups in total. The molecule has 2 saturated carbocycles. The van der Waals surface area contributed by atoms with Crippen LogP contribution in [0.5, 0.6) is 0 Å². The maximum absolute atomic E-state index is 10.2. The highest BCUT2D eigenvalue weighted by molar-refractivity contribution is 4.91. The van der Waals surface area contributed by atoms with E-state index in [2.05, 4.69) is 6.92 Å². The molecule has 106 valence electrons. The Kier molecular flexibility index (Phi) is 5.08. The number of hydrogen-bond acceptors (Lipinski definition) is 2. The lowest BCUT2D eigenvalue weighted by atomic mass is 9.75. The van der Waals surface area contributed by atoms with Crippen molar-refractivity contribution in [2.24, 2.45) is 5.92 Å². The van der Waals surface area contributed by atoms with Crippen molar-refractivity contribution in [1.29, 1.82) is 0 Å². The molecule has 18 heavy (non-hydrogen) atoms. The van der Waals surface area contributed by atoms with Crippen LogP contribution in [-0.4, -0.2) is 22.9 Å². The Labute approximate surface area is 112 Å². The molecule has 2 unspecified atom stereocenters. The van der Waals surface area contributed by atoms with Crippen molar-refractivity contribution in [3.8, 4) is 0 Å². The molecule has 0 aromatic rings. The highest BCUT2D eigenvalue weighted by Crippen LogP contribution is 2.39. The number of ether oxygens (including phenoxy) is 1. The quantitative estimate of drug-likeness (QED) is 0.820. The van der Waals surface area contributed by atoms with Gasteiger partial charge in [0, 0.05) is 0 Å². The maximum atomic E-state index is 10.2. The first-order valence-corrected chi connectivity index (χ1v) is 7.99. The maximum Gasteiger partial charge on any atom is 0.0941 e. The Morgan fingerprint density at radius 2 is 1.44 bits per heavy atom. The van der Waals surface area contributed by atoms with E-state index in [1.165, 1.54) is 64.2 Å². The van der Waals surface area contributed by atoms with Gasteiger partial charge in [0.25, 0.3) is 0 Å². The monoisotopic (exact) mass is 254 g/mol. The standard InChI is InChI=1S/C16H30O2/c1-13(17)16(2,14-9-5-3-6-10-14)18-15-11-7-4-8-12-15/h13-15,17H,3-12H2,1-2H3. The van der Waals surface area contributed by atoms with Crippen molar-refractivity contribution in [2.45, 2.75) is 95.9 Å². The van der Waals surface area contributed by atoms with Gasteiger partial charge in [0.2, 0.25) is 0 Å². The van der Waals surface area contributed by atoms with Crippen LogP contribution in [0.15, 0.2) is 0 Å². The SMILES string of the molecule is CC(O)C(C)(OC1CCCCC1)C1CCCCC1. The van der Waals surface area contributed by atoms with Gasteiger partial charge in [0.1, 0.15) is 0 Å². The van der Waals surface area contributed by atoms with E-state index in [-0.39, 0.29) is 11.7 Å². The molecule has 2 fully saturated rings. The molecule has 0 bridgehead atoms. The average molecular weight is 254 g/mol. The second-order valence-electron chi connectivity index (χ2n) is 6.57. The molecule has 2 heteroatoms. The molecule has 0 amide bonds. The minimum absolute atomic E-state index is 0.317. The second kappa shape index (κ2) is 6.38. The Morgan fingerprint density at radius 1 is 0.944 bits per heavy atom. The molecule has 2 aliphatic rings. The smallest absolute Gasteiger partial charge is 0.0941 e. The Morgan fingerprint density at radius 3 is 1.94 bits per heavy atom. The first-order chi connectivity index (χ1) is 8.63. The molecule has 0 aliphatic heterocycles. The van der Waals surface area contributed by atoms with Gasteiger partial charge in [-0.25, -0.2) is 0 Å². The Hall–Kier alpha value is -0.0800. The Balaban J connectivity index is 1.99. The zero-order valence-corrected chi connectivity index (χ0v) is 12.2. The first-order valence-electron chi connectivity index (χ1n) is 7.99. The van der Waals surface area contributed by atoms with Crippen molar-refractivity contribution < 1.29 is 9.84 Å². The van der Waals surface area contributed by atoms with Crippen molar-refractivity contribution in [3.05, 3.63) is 0 Å². The molecule has 0 aromatic carbocycles. The third-order valence-electron chi connectivity index (χ3n) is 5.22. The zero-order chi connectivity index (χ0) is 13.0. The van der Waals surface area contributed by atoms with Crippen molar-refractivity contribution in [3.63, 3.8) is 0 Å². The molecule has 2 atom stereocenters. The summed E-state index contributed by atoms with van der Waals surface area (Å²) in [6.45, 7) is 4.07. The van der Waals surface area contributed by atoms with E-state index in [0.717, 1.165) is 0 Å². The van der Waals surface area contributed by atoms with Crippen molar-refractivity contribution in [2.75, 3.05) is 0 Å². The van der Waals surface area contributed by atoms with E-state index in [1.54, 1.807) is 0 Å². The number of rotatable bonds is 4. The summed E-state index contributed by atoms with van der Waals surface area (Å²) in [5.41, 5.74) is -0.317. The van der Waals surface area contributed by atoms with Crippen LogP contribution < -0.4 is 0 Å². The largest absolute Gasteiger partial charge is 0.390 e. The van der Waals surface area contributed by atoms with Crippen LogP contribution >= 0.6 is 0 Å². The minimum Gasteiger partial charge on any atom is -0.390 e. The topological polar surface area (TPSA) is 29.5 Å². The predicted octanol–water partition coefficient (Wildman–Crippen LogP) is 4.06. The van der Waals surface area contributed by atoms with E-state index in [0.29, 0.717) is 12.0 Å². The van der Waals surface area contributed by atoms with Crippen molar-refractivity contribution in [1.82, 2.24) is 0 Å². The van der Waals surface area contributed by atoms with Gasteiger partial charge in [-0.15, -0.1) is 0 Å². The van der Waals surface area contributed by atoms with E-state index < -0.39 is 0 Å². The molecular formula is C16H30O2. The number of hydrogen-bond donors (Lipinski definition) is 1. The molecule has 0 radical (unpaired) electrons. The highest BCUT2D eigenvalue weighted by atomic mass is 16.5. The van der Waals surface area contributed by atoms with Crippen LogP contribution in [0.4, 0.5) is 0 Å². The van der Waals surface area contributed by atoms with E-state index in [1.807, 2.05) is 6.92 Å². The zero-order valence-electron chi connectivity index (χ0n) is 12.2. The fraction of sp³-hybridized carbons (Fsp3) is 1.00. The summed E-state index contributed by atoms with van der Waals surface area (Å²) < 4.78 is 6.43. The highest BCUT2D eigenvalue weighted by Gasteiger charge is 2.41. The summed E-state index contributed by atoms with van der Waals surface area (Å²) in [5, 5.41) is 10.2. The fourth-order valence-electron chi connectivity index (χ4n) is 3.75. The summed E-state index contributed by atoms with van der Waals surface area (Å²) in [7, 11) is 0. The minimum atomic E-state index is -0.359. The van der Waals surface area contributed by atoms with Crippen LogP contribution in [0, 0.1) is 5.92 Å². The summed E-state index contributed by atoms with van der Waals surface area (Å²) in [5.74, 6) is 0.549. The van der Waals surface area contributed by atoms with Crippen LogP contribution in [-0.2, 0) is 4.74 Å². The third-order valence-corrected chi connectivity index (χ3v) is 5.22. The lowest BCUT2D eigenvalue weighted by Gasteiger charge is -2.44. The van der Waals surface area contributed by atoms with E-state index >= 15 is 0 Å². The van der Waals surface area contributed by atoms with Gasteiger partial charge in [-0.05, 0) is 45.4 Å². The predicted molar refractivity (Wildman–Crippen MR) is 74.6 cm³/mol. The van der Waals surface area contributed by atoms with Crippen LogP contribution in [0.1, 0.15) is 78.1 Å². The lowest BCUT2D eigenvalue weighted by molar-refractivity contribution is -0.182. The Bertz CT molecular complexity index is 239. The molecular weight excluding hydrogens is 224 g/mol. The van der Waals surface area contributed by atoms with E-state index in [9.17, 15) is 5.11 Å². The number of aliphatic hydroxyl groups is 1. The lowest BCUT2D eigenvalue weighted by Crippen LogP contribution is -2.50. The summed E-state index contributed by atoms with van der Waals surface area (Å²) >= 11 is 0. The number of aliphatic hydroxyl groups excluding tert-OH is 1. The van der Waals surface area contributed by atoms with Gasteiger partial charge in [-0.3, -0.25) is 0 Å². The average Bonchev–Trinajstić information content (AvgIpc) is 2.40. The van der Waals surface area contributed by atoms with Gasteiger partial charge in [-0.1, -0.05) is 38.5 Å². The van der Waals surface area contributed by atoms with Gasteiger partial charge in [0.05, 0.1) is 17.8 Å². The summed E-state index contributed by atoms with van der Waals surface area (Å²) in [6, 6.07) is 0. The van der Waals surface area contributed by atoms with Crippen molar-refractivity contribution >= 4 is 0 Å². The molecule has 0 heterocycles. The summed E-state index contributed by atoms with van der Waals surface area (Å²) in [4.78, 5) is 0. The summed E-state index contributed by atoms with van der Waals surface area (Å²) in [6.07, 6.45) is 12.8. The molecule has 2 rings (SSSR count). The molecule has 0 saturated heterocycles. The van der Waals surface area contributed by atoms with Gasteiger partial charge in [0.15, 0.2) is 0 Å². The molecule has 2 aliphatic carbocycles. The van der Waals surface area contributed by atoms with Crippen LogP contribution in [0.25, 0.3) is 0 Å². The van der Waals surface area contributed by atoms with Crippen LogP contribution in [0.2, 0.25) is 0 Å². The normalized spacial score (nSPS) is 28.8. The van der Waals surface area contributed by atoms with E-state index in [4.69, 9.17) is 4.74 Å². The molecule has 2 nitrogen and oxygen atoms in total. The second-order valence-corrected chi connectivity index (χ2v) is 6.57. The van der Waals surface area contributed by atoms with Gasteiger partial charge >= 0.3 is 0 Å². The molecule has 0 aromatic heterocycles. The third kappa shape index (κ3) is 3.27.